The molecule has 0 unspecified atom stereocenters. The van der Waals surface area contributed by atoms with Crippen molar-refractivity contribution in [2.45, 2.75) is 38.3 Å². The highest BCUT2D eigenvalue weighted by atomic mass is 35.5. The number of amides is 4. The molecule has 150 valence electrons. The molecule has 4 amide bonds. The molecule has 1 aromatic heterocycles. The van der Waals surface area contributed by atoms with Gasteiger partial charge in [0, 0.05) is 53.8 Å². The van der Waals surface area contributed by atoms with E-state index >= 15 is 0 Å². The van der Waals surface area contributed by atoms with Crippen LogP contribution in [0.15, 0.2) is 24.3 Å². The fourth-order valence-electron chi connectivity index (χ4n) is 4.05. The van der Waals surface area contributed by atoms with E-state index in [1.165, 1.54) is 0 Å². The van der Waals surface area contributed by atoms with E-state index in [1.54, 1.807) is 0 Å². The molecule has 2 fully saturated rings. The second kappa shape index (κ2) is 8.31. The highest BCUT2D eigenvalue weighted by Gasteiger charge is 2.29. The normalized spacial score (nSPS) is 19.8. The summed E-state index contributed by atoms with van der Waals surface area (Å²) in [5, 5.41) is 7.61. The molecule has 0 radical (unpaired) electrons. The molecule has 0 saturated carbocycles. The maximum atomic E-state index is 12.6. The van der Waals surface area contributed by atoms with Crippen LogP contribution in [0.5, 0.6) is 0 Å². The Labute approximate surface area is 169 Å². The average molecular weight is 404 g/mol. The van der Waals surface area contributed by atoms with Crippen molar-refractivity contribution in [2.24, 2.45) is 0 Å². The lowest BCUT2D eigenvalue weighted by atomic mass is 10.1. The number of likely N-dealkylation sites (tertiary alicyclic amines) is 2. The molecular formula is C20H26ClN5O2. The van der Waals surface area contributed by atoms with Gasteiger partial charge in [-0.1, -0.05) is 11.6 Å². The first-order valence-corrected chi connectivity index (χ1v) is 10.3. The first-order chi connectivity index (χ1) is 13.6. The molecule has 2 aromatic rings. The van der Waals surface area contributed by atoms with E-state index in [4.69, 9.17) is 11.6 Å². The van der Waals surface area contributed by atoms with Crippen LogP contribution in [0, 0.1) is 0 Å². The Balaban J connectivity index is 1.27. The Bertz CT molecular complexity index is 861. The third-order valence-corrected chi connectivity index (χ3v) is 5.72. The summed E-state index contributed by atoms with van der Waals surface area (Å²) >= 11 is 6.01. The van der Waals surface area contributed by atoms with Gasteiger partial charge >= 0.3 is 12.1 Å². The van der Waals surface area contributed by atoms with E-state index < -0.39 is 0 Å². The Kier molecular flexibility index (Phi) is 5.62. The van der Waals surface area contributed by atoms with E-state index in [1.807, 2.05) is 34.1 Å². The zero-order valence-electron chi connectivity index (χ0n) is 15.8. The summed E-state index contributed by atoms with van der Waals surface area (Å²) < 4.78 is 0. The molecule has 3 heterocycles. The van der Waals surface area contributed by atoms with Crippen molar-refractivity contribution in [2.75, 3.05) is 26.2 Å². The van der Waals surface area contributed by atoms with Crippen molar-refractivity contribution >= 4 is 34.6 Å². The largest absolute Gasteiger partial charge is 0.357 e. The first-order valence-electron chi connectivity index (χ1n) is 9.94. The van der Waals surface area contributed by atoms with Crippen LogP contribution in [0.1, 0.15) is 31.4 Å². The van der Waals surface area contributed by atoms with Crippen LogP contribution in [-0.4, -0.2) is 59.1 Å². The van der Waals surface area contributed by atoms with Crippen molar-refractivity contribution in [3.8, 4) is 0 Å². The van der Waals surface area contributed by atoms with Gasteiger partial charge in [0.1, 0.15) is 0 Å². The summed E-state index contributed by atoms with van der Waals surface area (Å²) in [6, 6.07) is 7.53. The topological polar surface area (TPSA) is 80.5 Å². The summed E-state index contributed by atoms with van der Waals surface area (Å²) in [5.41, 5.74) is 1.91. The average Bonchev–Trinajstić information content (AvgIpc) is 3.35. The number of hydrogen-bond donors (Lipinski definition) is 3. The molecular weight excluding hydrogens is 378 g/mol. The fourth-order valence-corrected chi connectivity index (χ4v) is 4.23. The number of nitrogens with zero attached hydrogens (tertiary/aromatic N) is 2. The number of halogens is 1. The van der Waals surface area contributed by atoms with E-state index in [0.29, 0.717) is 18.1 Å². The minimum atomic E-state index is -0.211. The second-order valence-electron chi connectivity index (χ2n) is 7.62. The second-order valence-corrected chi connectivity index (χ2v) is 8.05. The van der Waals surface area contributed by atoms with Crippen LogP contribution in [0.2, 0.25) is 5.02 Å². The van der Waals surface area contributed by atoms with Crippen LogP contribution in [-0.2, 0) is 6.54 Å². The standard InChI is InChI=1S/C20H26ClN5O2/c21-15-5-6-18-14(10-15)11-17(23-18)12-22-19(27)24-16-4-3-9-26(13-16)20(28)25-7-1-2-8-25/h5-6,10-11,16,23H,1-4,7-9,12-13H2,(H2,22,24,27)/t16-/m1/s1. The summed E-state index contributed by atoms with van der Waals surface area (Å²) in [6.07, 6.45) is 3.97. The smallest absolute Gasteiger partial charge is 0.320 e. The molecule has 7 nitrogen and oxygen atoms in total. The number of piperidine rings is 1. The molecule has 1 atom stereocenters. The van der Waals surface area contributed by atoms with E-state index in [2.05, 4.69) is 15.6 Å². The molecule has 3 N–H and O–H groups in total. The van der Waals surface area contributed by atoms with Gasteiger partial charge in [-0.3, -0.25) is 0 Å². The van der Waals surface area contributed by atoms with Gasteiger partial charge < -0.3 is 25.4 Å². The van der Waals surface area contributed by atoms with Gasteiger partial charge in [-0.2, -0.15) is 0 Å². The molecule has 2 saturated heterocycles. The minimum absolute atomic E-state index is 0.0122. The summed E-state index contributed by atoms with van der Waals surface area (Å²) in [4.78, 5) is 32.0. The minimum Gasteiger partial charge on any atom is -0.357 e. The number of nitrogens with one attached hydrogen (secondary N) is 3. The number of aromatic amines is 1. The van der Waals surface area contributed by atoms with Gasteiger partial charge in [-0.05, 0) is 49.9 Å². The summed E-state index contributed by atoms with van der Waals surface area (Å²) in [6.45, 7) is 3.45. The number of hydrogen-bond acceptors (Lipinski definition) is 2. The van der Waals surface area contributed by atoms with Gasteiger partial charge in [-0.15, -0.1) is 0 Å². The van der Waals surface area contributed by atoms with Crippen molar-refractivity contribution in [3.05, 3.63) is 35.0 Å². The number of benzene rings is 1. The molecule has 4 rings (SSSR count). The number of H-pyrrole nitrogens is 1. The summed E-state index contributed by atoms with van der Waals surface area (Å²) in [7, 11) is 0. The highest BCUT2D eigenvalue weighted by molar-refractivity contribution is 6.31. The Morgan fingerprint density at radius 2 is 1.89 bits per heavy atom. The lowest BCUT2D eigenvalue weighted by molar-refractivity contribution is 0.142. The van der Waals surface area contributed by atoms with Crippen molar-refractivity contribution in [1.82, 2.24) is 25.4 Å². The van der Waals surface area contributed by atoms with E-state index in [-0.39, 0.29) is 18.1 Å². The van der Waals surface area contributed by atoms with Gasteiger partial charge in [0.2, 0.25) is 0 Å². The van der Waals surface area contributed by atoms with Gasteiger partial charge in [0.15, 0.2) is 0 Å². The highest BCUT2D eigenvalue weighted by Crippen LogP contribution is 2.20. The molecule has 1 aromatic carbocycles. The van der Waals surface area contributed by atoms with Crippen LogP contribution in [0.4, 0.5) is 9.59 Å². The third kappa shape index (κ3) is 4.35. The predicted octanol–water partition coefficient (Wildman–Crippen LogP) is 3.30. The fraction of sp³-hybridized carbons (Fsp3) is 0.500. The monoisotopic (exact) mass is 403 g/mol. The first kappa shape index (κ1) is 18.9. The predicted molar refractivity (Wildman–Crippen MR) is 109 cm³/mol. The van der Waals surface area contributed by atoms with Crippen molar-refractivity contribution in [1.29, 1.82) is 0 Å². The maximum Gasteiger partial charge on any atom is 0.320 e. The quantitative estimate of drug-likeness (QED) is 0.735. The van der Waals surface area contributed by atoms with Gasteiger partial charge in [0.05, 0.1) is 6.54 Å². The van der Waals surface area contributed by atoms with Crippen molar-refractivity contribution < 1.29 is 9.59 Å². The number of aromatic nitrogens is 1. The lowest BCUT2D eigenvalue weighted by Gasteiger charge is -2.35. The summed E-state index contributed by atoms with van der Waals surface area (Å²) in [5.74, 6) is 0. The lowest BCUT2D eigenvalue weighted by Crippen LogP contribution is -2.54. The van der Waals surface area contributed by atoms with Gasteiger partial charge in [-0.25, -0.2) is 9.59 Å². The Hall–Kier alpha value is -2.41. The molecule has 28 heavy (non-hydrogen) atoms. The number of rotatable bonds is 3. The van der Waals surface area contributed by atoms with Crippen LogP contribution in [0.3, 0.4) is 0 Å². The zero-order chi connectivity index (χ0) is 19.5. The van der Waals surface area contributed by atoms with Crippen LogP contribution < -0.4 is 10.6 Å². The molecule has 2 aliphatic heterocycles. The Morgan fingerprint density at radius 1 is 1.11 bits per heavy atom. The van der Waals surface area contributed by atoms with Gasteiger partial charge in [0.25, 0.3) is 0 Å². The molecule has 2 aliphatic rings. The SMILES string of the molecule is O=C(NCc1cc2cc(Cl)ccc2[nH]1)N[C@@H]1CCCN(C(=O)N2CCCC2)C1. The Morgan fingerprint density at radius 3 is 2.71 bits per heavy atom. The number of fused-ring (bicyclic) bond motifs is 1. The molecule has 0 bridgehead atoms. The van der Waals surface area contributed by atoms with Crippen LogP contribution >= 0.6 is 11.6 Å². The number of carbonyl (C=O) groups excluding carboxylic acids is 2. The van der Waals surface area contributed by atoms with Crippen LogP contribution in [0.25, 0.3) is 10.9 Å². The number of urea groups is 2. The number of carbonyl (C=O) groups is 2. The molecule has 8 heteroatoms. The van der Waals surface area contributed by atoms with Crippen molar-refractivity contribution in [3.63, 3.8) is 0 Å². The molecule has 0 spiro atoms. The maximum absolute atomic E-state index is 12.6. The van der Waals surface area contributed by atoms with E-state index in [9.17, 15) is 9.59 Å². The zero-order valence-corrected chi connectivity index (χ0v) is 16.6. The molecule has 0 aliphatic carbocycles. The van der Waals surface area contributed by atoms with E-state index in [0.717, 1.165) is 61.9 Å². The third-order valence-electron chi connectivity index (χ3n) is 5.48.